The van der Waals surface area contributed by atoms with Crippen molar-refractivity contribution in [3.63, 3.8) is 0 Å². The molecule has 1 saturated heterocycles. The first-order chi connectivity index (χ1) is 12.5. The highest BCUT2D eigenvalue weighted by molar-refractivity contribution is 5.93. The number of ether oxygens (including phenoxy) is 1. The van der Waals surface area contributed by atoms with E-state index in [1.54, 1.807) is 0 Å². The number of piperazine rings is 1. The van der Waals surface area contributed by atoms with E-state index in [1.165, 1.54) is 4.90 Å². The van der Waals surface area contributed by atoms with Gasteiger partial charge in [0.2, 0.25) is 11.8 Å². The summed E-state index contributed by atoms with van der Waals surface area (Å²) in [6.07, 6.45) is 1.59. The van der Waals surface area contributed by atoms with E-state index in [0.717, 1.165) is 24.1 Å². The number of anilines is 1. The number of rotatable bonds is 8. The third-order valence-electron chi connectivity index (χ3n) is 4.23. The van der Waals surface area contributed by atoms with E-state index in [4.69, 9.17) is 4.74 Å². The predicted molar refractivity (Wildman–Crippen MR) is 98.7 cm³/mol. The van der Waals surface area contributed by atoms with E-state index in [0.29, 0.717) is 19.7 Å². The summed E-state index contributed by atoms with van der Waals surface area (Å²) in [5.74, 6) is -0.981. The second-order valence-electron chi connectivity index (χ2n) is 6.40. The van der Waals surface area contributed by atoms with Gasteiger partial charge in [-0.15, -0.1) is 0 Å². The van der Waals surface area contributed by atoms with Crippen LogP contribution in [0, 0.1) is 6.92 Å². The number of unbranched alkanes of at least 4 members (excludes halogenated alkanes) is 1. The van der Waals surface area contributed by atoms with Crippen molar-refractivity contribution in [2.24, 2.45) is 0 Å². The van der Waals surface area contributed by atoms with Crippen LogP contribution in [-0.4, -0.2) is 55.0 Å². The molecule has 1 aliphatic rings. The van der Waals surface area contributed by atoms with Crippen molar-refractivity contribution in [1.82, 2.24) is 10.2 Å². The summed E-state index contributed by atoms with van der Waals surface area (Å²) in [4.78, 5) is 38.2. The summed E-state index contributed by atoms with van der Waals surface area (Å²) in [6, 6.07) is 6.89. The first kappa shape index (κ1) is 19.8. The Hall–Kier alpha value is -2.57. The van der Waals surface area contributed by atoms with Crippen LogP contribution >= 0.6 is 0 Å². The summed E-state index contributed by atoms with van der Waals surface area (Å²) in [7, 11) is 0. The number of hydrogen-bond acceptors (Lipinski definition) is 5. The van der Waals surface area contributed by atoms with E-state index in [1.807, 2.05) is 38.1 Å². The van der Waals surface area contributed by atoms with Gasteiger partial charge in [0.1, 0.15) is 6.04 Å². The maximum atomic E-state index is 12.6. The molecule has 0 radical (unpaired) electrons. The van der Waals surface area contributed by atoms with Gasteiger partial charge < -0.3 is 20.3 Å². The van der Waals surface area contributed by atoms with Crippen LogP contribution in [0.15, 0.2) is 24.3 Å². The Morgan fingerprint density at radius 1 is 1.38 bits per heavy atom. The zero-order valence-corrected chi connectivity index (χ0v) is 15.4. The molecule has 142 valence electrons. The lowest BCUT2D eigenvalue weighted by atomic mass is 10.1. The van der Waals surface area contributed by atoms with Crippen molar-refractivity contribution < 1.29 is 19.1 Å². The number of benzene rings is 1. The summed E-state index contributed by atoms with van der Waals surface area (Å²) in [5, 5.41) is 5.78. The third-order valence-corrected chi connectivity index (χ3v) is 4.23. The number of nitrogens with one attached hydrogen (secondary N) is 2. The van der Waals surface area contributed by atoms with E-state index >= 15 is 0 Å². The highest BCUT2D eigenvalue weighted by atomic mass is 16.5. The fraction of sp³-hybridized carbons (Fsp3) is 0.526. The number of esters is 1. The molecule has 1 fully saturated rings. The molecule has 0 spiro atoms. The lowest BCUT2D eigenvalue weighted by Crippen LogP contribution is -2.58. The Bertz CT molecular complexity index is 647. The molecule has 0 bridgehead atoms. The largest absolute Gasteiger partial charge is 0.466 e. The Morgan fingerprint density at radius 3 is 2.92 bits per heavy atom. The minimum Gasteiger partial charge on any atom is -0.466 e. The van der Waals surface area contributed by atoms with Gasteiger partial charge in [0.05, 0.1) is 19.6 Å². The Kier molecular flexibility index (Phi) is 7.44. The van der Waals surface area contributed by atoms with Gasteiger partial charge in [0.25, 0.3) is 0 Å². The number of nitrogens with zero attached hydrogens (tertiary/aromatic N) is 1. The number of aryl methyl sites for hydroxylation is 1. The summed E-state index contributed by atoms with van der Waals surface area (Å²) in [5.41, 5.74) is 1.93. The quantitative estimate of drug-likeness (QED) is 0.541. The monoisotopic (exact) mass is 361 g/mol. The molecule has 1 aromatic carbocycles. The maximum Gasteiger partial charge on any atom is 0.308 e. The van der Waals surface area contributed by atoms with Crippen LogP contribution in [0.25, 0.3) is 0 Å². The standard InChI is InChI=1S/C19H27N3O4/c1-3-4-10-26-18(24)12-16-19(25)20-8-9-22(16)17(23)13-21-15-7-5-6-14(2)11-15/h5-7,11,16,21H,3-4,8-10,12-13H2,1-2H3,(H,20,25). The van der Waals surface area contributed by atoms with E-state index < -0.39 is 12.0 Å². The minimum absolute atomic E-state index is 0.0676. The van der Waals surface area contributed by atoms with Gasteiger partial charge in [-0.25, -0.2) is 0 Å². The van der Waals surface area contributed by atoms with Crippen molar-refractivity contribution >= 4 is 23.5 Å². The van der Waals surface area contributed by atoms with Crippen LogP contribution < -0.4 is 10.6 Å². The molecule has 0 aromatic heterocycles. The van der Waals surface area contributed by atoms with Crippen molar-refractivity contribution in [1.29, 1.82) is 0 Å². The molecule has 1 unspecified atom stereocenters. The molecule has 7 nitrogen and oxygen atoms in total. The van der Waals surface area contributed by atoms with Gasteiger partial charge in [0, 0.05) is 18.8 Å². The maximum absolute atomic E-state index is 12.6. The lowest BCUT2D eigenvalue weighted by Gasteiger charge is -2.34. The van der Waals surface area contributed by atoms with Gasteiger partial charge in [-0.1, -0.05) is 25.5 Å². The minimum atomic E-state index is -0.815. The molecule has 7 heteroatoms. The van der Waals surface area contributed by atoms with Gasteiger partial charge in [-0.2, -0.15) is 0 Å². The highest BCUT2D eigenvalue weighted by Crippen LogP contribution is 2.13. The van der Waals surface area contributed by atoms with Crippen LogP contribution in [0.2, 0.25) is 0 Å². The van der Waals surface area contributed by atoms with Gasteiger partial charge in [0.15, 0.2) is 0 Å². The Labute approximate surface area is 154 Å². The molecule has 2 rings (SSSR count). The number of hydrogen-bond donors (Lipinski definition) is 2. The fourth-order valence-corrected chi connectivity index (χ4v) is 2.80. The molecule has 2 amide bonds. The average Bonchev–Trinajstić information content (AvgIpc) is 2.61. The lowest BCUT2D eigenvalue weighted by molar-refractivity contribution is -0.151. The normalized spacial score (nSPS) is 16.8. The topological polar surface area (TPSA) is 87.7 Å². The number of carbonyl (C=O) groups is 3. The van der Waals surface area contributed by atoms with Crippen LogP contribution in [0.5, 0.6) is 0 Å². The van der Waals surface area contributed by atoms with E-state index in [-0.39, 0.29) is 24.8 Å². The van der Waals surface area contributed by atoms with Crippen molar-refractivity contribution in [2.75, 3.05) is 31.6 Å². The first-order valence-electron chi connectivity index (χ1n) is 9.04. The molecule has 2 N–H and O–H groups in total. The summed E-state index contributed by atoms with van der Waals surface area (Å²) >= 11 is 0. The highest BCUT2D eigenvalue weighted by Gasteiger charge is 2.34. The Balaban J connectivity index is 1.93. The second kappa shape index (κ2) is 9.79. The van der Waals surface area contributed by atoms with E-state index in [2.05, 4.69) is 10.6 Å². The first-order valence-corrected chi connectivity index (χ1v) is 9.04. The van der Waals surface area contributed by atoms with Crippen molar-refractivity contribution in [2.45, 2.75) is 39.2 Å². The predicted octanol–water partition coefficient (Wildman–Crippen LogP) is 1.47. The van der Waals surface area contributed by atoms with Gasteiger partial charge in [-0.05, 0) is 31.0 Å². The molecular weight excluding hydrogens is 334 g/mol. The molecule has 26 heavy (non-hydrogen) atoms. The van der Waals surface area contributed by atoms with Crippen LogP contribution in [0.3, 0.4) is 0 Å². The SMILES string of the molecule is CCCCOC(=O)CC1C(=O)NCCN1C(=O)CNc1cccc(C)c1. The molecule has 1 aliphatic heterocycles. The zero-order valence-electron chi connectivity index (χ0n) is 15.4. The zero-order chi connectivity index (χ0) is 18.9. The second-order valence-corrected chi connectivity index (χ2v) is 6.40. The fourth-order valence-electron chi connectivity index (χ4n) is 2.80. The van der Waals surface area contributed by atoms with E-state index in [9.17, 15) is 14.4 Å². The number of amides is 2. The average molecular weight is 361 g/mol. The number of carbonyl (C=O) groups excluding carboxylic acids is 3. The third kappa shape index (κ3) is 5.75. The van der Waals surface area contributed by atoms with Crippen molar-refractivity contribution in [3.05, 3.63) is 29.8 Å². The van der Waals surface area contributed by atoms with Crippen LogP contribution in [-0.2, 0) is 19.1 Å². The van der Waals surface area contributed by atoms with Gasteiger partial charge in [-0.3, -0.25) is 14.4 Å². The summed E-state index contributed by atoms with van der Waals surface area (Å²) in [6.45, 7) is 5.15. The Morgan fingerprint density at radius 2 is 2.19 bits per heavy atom. The smallest absolute Gasteiger partial charge is 0.308 e. The molecule has 1 heterocycles. The molecule has 1 aromatic rings. The summed E-state index contributed by atoms with van der Waals surface area (Å²) < 4.78 is 5.13. The van der Waals surface area contributed by atoms with Gasteiger partial charge >= 0.3 is 5.97 Å². The molecule has 0 aliphatic carbocycles. The molecular formula is C19H27N3O4. The molecule has 0 saturated carbocycles. The van der Waals surface area contributed by atoms with Crippen LogP contribution in [0.1, 0.15) is 31.7 Å². The van der Waals surface area contributed by atoms with Crippen molar-refractivity contribution in [3.8, 4) is 0 Å². The molecule has 1 atom stereocenters. The van der Waals surface area contributed by atoms with Crippen LogP contribution in [0.4, 0.5) is 5.69 Å².